The number of sulfonamides is 1. The number of hydrogen-bond acceptors (Lipinski definition) is 3. The molecule has 1 amide bonds. The van der Waals surface area contributed by atoms with Crippen LogP contribution in [0.2, 0.25) is 10.0 Å². The lowest BCUT2D eigenvalue weighted by Gasteiger charge is -2.13. The zero-order chi connectivity index (χ0) is 17.9. The van der Waals surface area contributed by atoms with E-state index in [4.69, 9.17) is 23.2 Å². The van der Waals surface area contributed by atoms with E-state index in [0.29, 0.717) is 5.02 Å². The van der Waals surface area contributed by atoms with Gasteiger partial charge in [0.1, 0.15) is 0 Å². The van der Waals surface area contributed by atoms with Crippen molar-refractivity contribution in [2.75, 3.05) is 14.1 Å². The van der Waals surface area contributed by atoms with E-state index in [9.17, 15) is 13.2 Å². The smallest absolute Gasteiger partial charge is 0.253 e. The monoisotopic (exact) mass is 386 g/mol. The molecule has 2 rings (SSSR count). The van der Waals surface area contributed by atoms with Crippen LogP contribution in [0.3, 0.4) is 0 Å². The molecule has 0 aliphatic carbocycles. The van der Waals surface area contributed by atoms with Crippen molar-refractivity contribution in [3.05, 3.63) is 63.6 Å². The standard InChI is InChI=1S/C16H16Cl2N2O3S/c1-20(2)24(22,23)12-7-8-15(18)13(9-12)16(21)19-10-11-5-3-4-6-14(11)17/h3-9H,10H2,1-2H3,(H,19,21). The summed E-state index contributed by atoms with van der Waals surface area (Å²) < 4.78 is 25.4. The van der Waals surface area contributed by atoms with Crippen molar-refractivity contribution in [2.24, 2.45) is 0 Å². The summed E-state index contributed by atoms with van der Waals surface area (Å²) in [6.07, 6.45) is 0. The van der Waals surface area contributed by atoms with E-state index in [2.05, 4.69) is 5.32 Å². The fraction of sp³-hybridized carbons (Fsp3) is 0.188. The highest BCUT2D eigenvalue weighted by Crippen LogP contribution is 2.22. The second kappa shape index (κ2) is 7.53. The number of benzene rings is 2. The molecular formula is C16H16Cl2N2O3S. The van der Waals surface area contributed by atoms with Crippen LogP contribution in [0.4, 0.5) is 0 Å². The Kier molecular flexibility index (Phi) is 5.87. The summed E-state index contributed by atoms with van der Waals surface area (Å²) >= 11 is 12.1. The lowest BCUT2D eigenvalue weighted by molar-refractivity contribution is 0.0951. The van der Waals surface area contributed by atoms with Crippen LogP contribution in [0.5, 0.6) is 0 Å². The molecule has 0 spiro atoms. The van der Waals surface area contributed by atoms with Gasteiger partial charge in [0.05, 0.1) is 15.5 Å². The molecule has 0 atom stereocenters. The van der Waals surface area contributed by atoms with Gasteiger partial charge >= 0.3 is 0 Å². The van der Waals surface area contributed by atoms with Crippen LogP contribution < -0.4 is 5.32 Å². The Bertz CT molecular complexity index is 867. The van der Waals surface area contributed by atoms with Crippen LogP contribution in [0.25, 0.3) is 0 Å². The largest absolute Gasteiger partial charge is 0.348 e. The van der Waals surface area contributed by atoms with Gasteiger partial charge in [-0.25, -0.2) is 12.7 Å². The van der Waals surface area contributed by atoms with Crippen molar-refractivity contribution in [1.82, 2.24) is 9.62 Å². The minimum atomic E-state index is -3.65. The third-order valence-electron chi connectivity index (χ3n) is 3.36. The van der Waals surface area contributed by atoms with Gasteiger partial charge < -0.3 is 5.32 Å². The van der Waals surface area contributed by atoms with Gasteiger partial charge in [0.15, 0.2) is 0 Å². The van der Waals surface area contributed by atoms with Crippen molar-refractivity contribution < 1.29 is 13.2 Å². The van der Waals surface area contributed by atoms with Crippen LogP contribution >= 0.6 is 23.2 Å². The molecule has 0 aromatic heterocycles. The summed E-state index contributed by atoms with van der Waals surface area (Å²) in [5.41, 5.74) is 0.840. The second-order valence-corrected chi connectivity index (χ2v) is 8.17. The van der Waals surface area contributed by atoms with Gasteiger partial charge in [-0.1, -0.05) is 41.4 Å². The van der Waals surface area contributed by atoms with Gasteiger partial charge in [-0.15, -0.1) is 0 Å². The predicted molar refractivity (Wildman–Crippen MR) is 94.9 cm³/mol. The number of carbonyl (C=O) groups is 1. The van der Waals surface area contributed by atoms with E-state index in [1.54, 1.807) is 18.2 Å². The minimum Gasteiger partial charge on any atom is -0.348 e. The molecule has 128 valence electrons. The molecule has 0 bridgehead atoms. The number of amides is 1. The van der Waals surface area contributed by atoms with Crippen molar-refractivity contribution >= 4 is 39.1 Å². The van der Waals surface area contributed by atoms with Crippen LogP contribution in [0.15, 0.2) is 47.4 Å². The SMILES string of the molecule is CN(C)S(=O)(=O)c1ccc(Cl)c(C(=O)NCc2ccccc2Cl)c1. The molecule has 24 heavy (non-hydrogen) atoms. The first kappa shape index (κ1) is 18.7. The number of nitrogens with zero attached hydrogens (tertiary/aromatic N) is 1. The average molecular weight is 387 g/mol. The Morgan fingerprint density at radius 3 is 2.38 bits per heavy atom. The molecule has 1 N–H and O–H groups in total. The fourth-order valence-electron chi connectivity index (χ4n) is 1.96. The van der Waals surface area contributed by atoms with Crippen molar-refractivity contribution in [2.45, 2.75) is 11.4 Å². The Morgan fingerprint density at radius 2 is 1.75 bits per heavy atom. The first-order valence-electron chi connectivity index (χ1n) is 6.97. The summed E-state index contributed by atoms with van der Waals surface area (Å²) in [6.45, 7) is 0.208. The number of rotatable bonds is 5. The van der Waals surface area contributed by atoms with E-state index in [-0.39, 0.29) is 22.0 Å². The summed E-state index contributed by atoms with van der Waals surface area (Å²) in [7, 11) is -0.814. The quantitative estimate of drug-likeness (QED) is 0.857. The van der Waals surface area contributed by atoms with Gasteiger partial charge in [0.2, 0.25) is 10.0 Å². The number of halogens is 2. The van der Waals surface area contributed by atoms with Crippen molar-refractivity contribution in [3.63, 3.8) is 0 Å². The van der Waals surface area contributed by atoms with E-state index < -0.39 is 15.9 Å². The van der Waals surface area contributed by atoms with Crippen LogP contribution in [0, 0.1) is 0 Å². The van der Waals surface area contributed by atoms with E-state index in [1.165, 1.54) is 32.3 Å². The Balaban J connectivity index is 2.25. The molecule has 0 aliphatic heterocycles. The van der Waals surface area contributed by atoms with Gasteiger partial charge in [-0.2, -0.15) is 0 Å². The zero-order valence-electron chi connectivity index (χ0n) is 13.1. The van der Waals surface area contributed by atoms with Crippen molar-refractivity contribution in [1.29, 1.82) is 0 Å². The highest BCUT2D eigenvalue weighted by molar-refractivity contribution is 7.89. The molecule has 5 nitrogen and oxygen atoms in total. The van der Waals surface area contributed by atoms with Crippen molar-refractivity contribution in [3.8, 4) is 0 Å². The maximum atomic E-state index is 12.4. The van der Waals surface area contributed by atoms with Crippen LogP contribution in [0.1, 0.15) is 15.9 Å². The third-order valence-corrected chi connectivity index (χ3v) is 5.87. The number of nitrogens with one attached hydrogen (secondary N) is 1. The van der Waals surface area contributed by atoms with E-state index in [0.717, 1.165) is 9.87 Å². The molecule has 0 radical (unpaired) electrons. The van der Waals surface area contributed by atoms with Crippen LogP contribution in [-0.2, 0) is 16.6 Å². The topological polar surface area (TPSA) is 66.5 Å². The highest BCUT2D eigenvalue weighted by atomic mass is 35.5. The zero-order valence-corrected chi connectivity index (χ0v) is 15.4. The molecule has 2 aromatic carbocycles. The molecular weight excluding hydrogens is 371 g/mol. The molecule has 0 saturated heterocycles. The summed E-state index contributed by atoms with van der Waals surface area (Å²) in [6, 6.07) is 11.1. The van der Waals surface area contributed by atoms with Gasteiger partial charge in [-0.05, 0) is 29.8 Å². The van der Waals surface area contributed by atoms with E-state index >= 15 is 0 Å². The molecule has 0 heterocycles. The Labute approximate surface area is 151 Å². The van der Waals surface area contributed by atoms with Gasteiger partial charge in [-0.3, -0.25) is 4.79 Å². The fourth-order valence-corrected chi connectivity index (χ4v) is 3.30. The lowest BCUT2D eigenvalue weighted by Crippen LogP contribution is -2.25. The van der Waals surface area contributed by atoms with Gasteiger partial charge in [0, 0.05) is 25.7 Å². The van der Waals surface area contributed by atoms with Crippen LogP contribution in [-0.4, -0.2) is 32.7 Å². The number of carbonyl (C=O) groups excluding carboxylic acids is 1. The molecule has 2 aromatic rings. The normalized spacial score (nSPS) is 11.5. The first-order valence-corrected chi connectivity index (χ1v) is 9.17. The molecule has 8 heteroatoms. The van der Waals surface area contributed by atoms with Gasteiger partial charge in [0.25, 0.3) is 5.91 Å². The Morgan fingerprint density at radius 1 is 1.08 bits per heavy atom. The molecule has 0 aliphatic rings. The summed E-state index contributed by atoms with van der Waals surface area (Å²) in [5, 5.41) is 3.39. The molecule has 0 saturated carbocycles. The minimum absolute atomic E-state index is 0.000191. The first-order chi connectivity index (χ1) is 11.2. The maximum Gasteiger partial charge on any atom is 0.253 e. The summed E-state index contributed by atoms with van der Waals surface area (Å²) in [4.78, 5) is 12.4. The lowest BCUT2D eigenvalue weighted by atomic mass is 10.2. The summed E-state index contributed by atoms with van der Waals surface area (Å²) in [5.74, 6) is -0.476. The second-order valence-electron chi connectivity index (χ2n) is 5.20. The molecule has 0 unspecified atom stereocenters. The third kappa shape index (κ3) is 4.08. The highest BCUT2D eigenvalue weighted by Gasteiger charge is 2.20. The average Bonchev–Trinajstić information content (AvgIpc) is 2.54. The maximum absolute atomic E-state index is 12.4. The Hall–Kier alpha value is -1.60. The predicted octanol–water partition coefficient (Wildman–Crippen LogP) is 3.17. The number of hydrogen-bond donors (Lipinski definition) is 1. The molecule has 0 fully saturated rings. The van der Waals surface area contributed by atoms with E-state index in [1.807, 2.05) is 6.07 Å².